The highest BCUT2D eigenvalue weighted by atomic mass is 16.5. The Balaban J connectivity index is 2.71. The van der Waals surface area contributed by atoms with Gasteiger partial charge in [-0.3, -0.25) is 4.79 Å². The number of hydrogen-bond acceptors (Lipinski definition) is 4. The van der Waals surface area contributed by atoms with Gasteiger partial charge in [-0.2, -0.15) is 0 Å². The number of esters is 1. The van der Waals surface area contributed by atoms with Crippen molar-refractivity contribution < 1.29 is 19.1 Å². The standard InChI is InChI=1S/C12H15NO4/c1-8-4-5-10(16-2)9(6-8)7-13-11(14)12(15)17-3/h4-6H,7H2,1-3H3,(H,13,14). The fourth-order valence-electron chi connectivity index (χ4n) is 1.39. The van der Waals surface area contributed by atoms with Crippen LogP contribution in [0.5, 0.6) is 5.75 Å². The normalized spacial score (nSPS) is 9.59. The number of amides is 1. The highest BCUT2D eigenvalue weighted by molar-refractivity contribution is 6.32. The van der Waals surface area contributed by atoms with Gasteiger partial charge in [0.1, 0.15) is 5.75 Å². The molecule has 92 valence electrons. The van der Waals surface area contributed by atoms with E-state index in [0.717, 1.165) is 18.2 Å². The van der Waals surface area contributed by atoms with Crippen LogP contribution in [0.1, 0.15) is 11.1 Å². The van der Waals surface area contributed by atoms with Crippen molar-refractivity contribution in [3.8, 4) is 5.75 Å². The van der Waals surface area contributed by atoms with E-state index in [0.29, 0.717) is 5.75 Å². The highest BCUT2D eigenvalue weighted by Crippen LogP contribution is 2.19. The van der Waals surface area contributed by atoms with Crippen LogP contribution in [0.4, 0.5) is 0 Å². The zero-order chi connectivity index (χ0) is 12.8. The van der Waals surface area contributed by atoms with Gasteiger partial charge in [0.25, 0.3) is 0 Å². The van der Waals surface area contributed by atoms with Crippen molar-refractivity contribution in [1.82, 2.24) is 5.32 Å². The predicted molar refractivity (Wildman–Crippen MR) is 61.6 cm³/mol. The summed E-state index contributed by atoms with van der Waals surface area (Å²) in [4.78, 5) is 22.1. The lowest BCUT2D eigenvalue weighted by Crippen LogP contribution is -2.31. The van der Waals surface area contributed by atoms with E-state index in [2.05, 4.69) is 10.1 Å². The summed E-state index contributed by atoms with van der Waals surface area (Å²) in [6.07, 6.45) is 0. The van der Waals surface area contributed by atoms with E-state index < -0.39 is 11.9 Å². The summed E-state index contributed by atoms with van der Waals surface area (Å²) in [6, 6.07) is 5.61. The van der Waals surface area contributed by atoms with Gasteiger partial charge < -0.3 is 14.8 Å². The summed E-state index contributed by atoms with van der Waals surface area (Å²) in [5.41, 5.74) is 1.86. The number of hydrogen-bond donors (Lipinski definition) is 1. The molecule has 0 fully saturated rings. The summed E-state index contributed by atoms with van der Waals surface area (Å²) < 4.78 is 9.45. The maximum Gasteiger partial charge on any atom is 0.396 e. The third-order valence-corrected chi connectivity index (χ3v) is 2.25. The van der Waals surface area contributed by atoms with E-state index >= 15 is 0 Å². The molecule has 0 aliphatic heterocycles. The van der Waals surface area contributed by atoms with Gasteiger partial charge in [0.05, 0.1) is 14.2 Å². The molecular formula is C12H15NO4. The SMILES string of the molecule is COC(=O)C(=O)NCc1cc(C)ccc1OC. The largest absolute Gasteiger partial charge is 0.496 e. The van der Waals surface area contributed by atoms with Crippen LogP contribution >= 0.6 is 0 Å². The quantitative estimate of drug-likeness (QED) is 0.623. The van der Waals surface area contributed by atoms with Crippen molar-refractivity contribution in [2.24, 2.45) is 0 Å². The summed E-state index contributed by atoms with van der Waals surface area (Å²) in [5.74, 6) is -1.01. The molecule has 0 saturated heterocycles. The van der Waals surface area contributed by atoms with Gasteiger partial charge in [-0.1, -0.05) is 17.7 Å². The van der Waals surface area contributed by atoms with Crippen LogP contribution in [0.15, 0.2) is 18.2 Å². The number of carbonyl (C=O) groups excluding carboxylic acids is 2. The van der Waals surface area contributed by atoms with Crippen LogP contribution in [0.25, 0.3) is 0 Å². The molecule has 1 aromatic carbocycles. The molecule has 0 heterocycles. The number of ether oxygens (including phenoxy) is 2. The molecule has 0 aliphatic carbocycles. The first-order valence-corrected chi connectivity index (χ1v) is 5.08. The summed E-state index contributed by atoms with van der Waals surface area (Å²) in [7, 11) is 2.71. The molecule has 0 saturated carbocycles. The lowest BCUT2D eigenvalue weighted by Gasteiger charge is -2.10. The topological polar surface area (TPSA) is 64.6 Å². The minimum Gasteiger partial charge on any atom is -0.496 e. The summed E-state index contributed by atoms with van der Waals surface area (Å²) in [5, 5.41) is 2.46. The van der Waals surface area contributed by atoms with Crippen molar-refractivity contribution in [1.29, 1.82) is 0 Å². The van der Waals surface area contributed by atoms with Gasteiger partial charge in [0, 0.05) is 12.1 Å². The molecule has 1 aromatic rings. The molecule has 1 N–H and O–H groups in total. The Morgan fingerprint density at radius 1 is 1.29 bits per heavy atom. The minimum atomic E-state index is -0.906. The van der Waals surface area contributed by atoms with Crippen molar-refractivity contribution in [2.45, 2.75) is 13.5 Å². The van der Waals surface area contributed by atoms with Crippen LogP contribution in [0.3, 0.4) is 0 Å². The Bertz CT molecular complexity index is 429. The van der Waals surface area contributed by atoms with Crippen molar-refractivity contribution in [2.75, 3.05) is 14.2 Å². The van der Waals surface area contributed by atoms with Gasteiger partial charge in [0.15, 0.2) is 0 Å². The van der Waals surface area contributed by atoms with E-state index in [4.69, 9.17) is 4.74 Å². The van der Waals surface area contributed by atoms with Crippen molar-refractivity contribution in [3.63, 3.8) is 0 Å². The summed E-state index contributed by atoms with van der Waals surface area (Å²) in [6.45, 7) is 2.16. The zero-order valence-corrected chi connectivity index (χ0v) is 10.1. The monoisotopic (exact) mass is 237 g/mol. The lowest BCUT2D eigenvalue weighted by atomic mass is 10.1. The van der Waals surface area contributed by atoms with Crippen LogP contribution in [-0.4, -0.2) is 26.1 Å². The third-order valence-electron chi connectivity index (χ3n) is 2.25. The first kappa shape index (κ1) is 13.0. The molecule has 1 amide bonds. The molecule has 0 spiro atoms. The number of aryl methyl sites for hydroxylation is 1. The molecule has 17 heavy (non-hydrogen) atoms. The Hall–Kier alpha value is -2.04. The van der Waals surface area contributed by atoms with E-state index in [1.165, 1.54) is 0 Å². The smallest absolute Gasteiger partial charge is 0.396 e. The molecule has 5 heteroatoms. The number of carbonyl (C=O) groups is 2. The molecule has 0 atom stereocenters. The van der Waals surface area contributed by atoms with Crippen LogP contribution in [-0.2, 0) is 20.9 Å². The molecule has 0 aromatic heterocycles. The third kappa shape index (κ3) is 3.48. The van der Waals surface area contributed by atoms with Gasteiger partial charge in [-0.05, 0) is 13.0 Å². The number of nitrogens with one attached hydrogen (secondary N) is 1. The fraction of sp³-hybridized carbons (Fsp3) is 0.333. The second kappa shape index (κ2) is 5.89. The second-order valence-corrected chi connectivity index (χ2v) is 3.49. The number of rotatable bonds is 3. The zero-order valence-electron chi connectivity index (χ0n) is 10.1. The van der Waals surface area contributed by atoms with E-state index in [-0.39, 0.29) is 6.54 Å². The first-order chi connectivity index (χ1) is 8.08. The highest BCUT2D eigenvalue weighted by Gasteiger charge is 2.13. The molecule has 0 radical (unpaired) electrons. The number of methoxy groups -OCH3 is 2. The molecule has 1 rings (SSSR count). The molecular weight excluding hydrogens is 222 g/mol. The average Bonchev–Trinajstić information content (AvgIpc) is 2.35. The Morgan fingerprint density at radius 2 is 2.00 bits per heavy atom. The fourth-order valence-corrected chi connectivity index (χ4v) is 1.39. The Morgan fingerprint density at radius 3 is 2.59 bits per heavy atom. The van der Waals surface area contributed by atoms with Crippen LogP contribution in [0.2, 0.25) is 0 Å². The van der Waals surface area contributed by atoms with Gasteiger partial charge in [-0.25, -0.2) is 4.79 Å². The van der Waals surface area contributed by atoms with Crippen molar-refractivity contribution >= 4 is 11.9 Å². The Labute approximate surface area is 99.7 Å². The maximum atomic E-state index is 11.2. The maximum absolute atomic E-state index is 11.2. The first-order valence-electron chi connectivity index (χ1n) is 5.08. The van der Waals surface area contributed by atoms with E-state index in [9.17, 15) is 9.59 Å². The van der Waals surface area contributed by atoms with Gasteiger partial charge >= 0.3 is 11.9 Å². The second-order valence-electron chi connectivity index (χ2n) is 3.49. The summed E-state index contributed by atoms with van der Waals surface area (Å²) >= 11 is 0. The van der Waals surface area contributed by atoms with Crippen LogP contribution in [0, 0.1) is 6.92 Å². The Kier molecular flexibility index (Phi) is 4.51. The van der Waals surface area contributed by atoms with E-state index in [1.807, 2.05) is 25.1 Å². The lowest BCUT2D eigenvalue weighted by molar-refractivity contribution is -0.152. The van der Waals surface area contributed by atoms with E-state index in [1.54, 1.807) is 7.11 Å². The van der Waals surface area contributed by atoms with Crippen molar-refractivity contribution in [3.05, 3.63) is 29.3 Å². The molecule has 0 bridgehead atoms. The predicted octanol–water partition coefficient (Wildman–Crippen LogP) is 0.793. The molecule has 5 nitrogen and oxygen atoms in total. The van der Waals surface area contributed by atoms with Gasteiger partial charge in [0.2, 0.25) is 0 Å². The van der Waals surface area contributed by atoms with Gasteiger partial charge in [-0.15, -0.1) is 0 Å². The molecule has 0 aliphatic rings. The van der Waals surface area contributed by atoms with Crippen LogP contribution < -0.4 is 10.1 Å². The minimum absolute atomic E-state index is 0.221. The average molecular weight is 237 g/mol. The number of benzene rings is 1. The molecule has 0 unspecified atom stereocenters.